The number of likely N-dealkylation sites (N-methyl/N-ethyl adjacent to an activating group) is 1. The van der Waals surface area contributed by atoms with E-state index in [2.05, 4.69) is 51.5 Å². The lowest BCUT2D eigenvalue weighted by Gasteiger charge is -2.36. The molecule has 2 aromatic rings. The summed E-state index contributed by atoms with van der Waals surface area (Å²) in [6.07, 6.45) is 1.78. The lowest BCUT2D eigenvalue weighted by molar-refractivity contribution is 0.725. The maximum atomic E-state index is 5.45. The van der Waals surface area contributed by atoms with E-state index >= 15 is 0 Å². The highest BCUT2D eigenvalue weighted by Crippen LogP contribution is 2.32. The minimum Gasteiger partial charge on any atom is -0.371 e. The molecule has 0 bridgehead atoms. The highest BCUT2D eigenvalue weighted by molar-refractivity contribution is 5.73. The van der Waals surface area contributed by atoms with E-state index < -0.39 is 0 Å². The van der Waals surface area contributed by atoms with Crippen molar-refractivity contribution in [2.75, 3.05) is 35.4 Å². The van der Waals surface area contributed by atoms with Gasteiger partial charge in [-0.05, 0) is 24.3 Å². The number of aromatic nitrogens is 1. The van der Waals surface area contributed by atoms with Gasteiger partial charge >= 0.3 is 0 Å². The zero-order valence-corrected chi connectivity index (χ0v) is 11.6. The summed E-state index contributed by atoms with van der Waals surface area (Å²) in [5, 5.41) is 0. The largest absolute Gasteiger partial charge is 0.371 e. The Kier molecular flexibility index (Phi) is 3.43. The molecule has 1 aromatic carbocycles. The van der Waals surface area contributed by atoms with Gasteiger partial charge in [-0.3, -0.25) is 10.8 Å². The number of rotatable bonds is 3. The van der Waals surface area contributed by atoms with E-state index in [-0.39, 0.29) is 0 Å². The van der Waals surface area contributed by atoms with Crippen molar-refractivity contribution in [3.63, 3.8) is 0 Å². The van der Waals surface area contributed by atoms with Gasteiger partial charge in [0.15, 0.2) is 0 Å². The lowest BCUT2D eigenvalue weighted by Crippen LogP contribution is -2.38. The molecule has 0 aliphatic carbocycles. The number of nitrogen functional groups attached to an aromatic ring is 1. The van der Waals surface area contributed by atoms with Gasteiger partial charge in [-0.25, -0.2) is 0 Å². The Balaban J connectivity index is 1.86. The standard InChI is InChI=1S/C15H19N5/c1-19-8-9-20(15-5-3-2-4-14(15)19)11-13-10-12(18-16)6-7-17-13/h2-7,10H,8-9,11,16H2,1H3,(H,17,18). The molecule has 1 aliphatic rings. The number of hydrogen-bond acceptors (Lipinski definition) is 5. The van der Waals surface area contributed by atoms with Gasteiger partial charge in [0.05, 0.1) is 29.3 Å². The van der Waals surface area contributed by atoms with Crippen LogP contribution in [0, 0.1) is 0 Å². The van der Waals surface area contributed by atoms with Gasteiger partial charge in [0.1, 0.15) is 0 Å². The van der Waals surface area contributed by atoms with E-state index in [9.17, 15) is 0 Å². The molecule has 2 heterocycles. The smallest absolute Gasteiger partial charge is 0.0618 e. The first kappa shape index (κ1) is 12.7. The van der Waals surface area contributed by atoms with E-state index in [1.54, 1.807) is 6.20 Å². The van der Waals surface area contributed by atoms with Crippen LogP contribution in [0.5, 0.6) is 0 Å². The predicted molar refractivity (Wildman–Crippen MR) is 82.8 cm³/mol. The van der Waals surface area contributed by atoms with Gasteiger partial charge in [-0.1, -0.05) is 12.1 Å². The first-order chi connectivity index (χ1) is 9.78. The summed E-state index contributed by atoms with van der Waals surface area (Å²) >= 11 is 0. The van der Waals surface area contributed by atoms with Crippen molar-refractivity contribution >= 4 is 17.1 Å². The molecule has 5 heteroatoms. The molecule has 5 nitrogen and oxygen atoms in total. The first-order valence-electron chi connectivity index (χ1n) is 6.74. The zero-order chi connectivity index (χ0) is 13.9. The van der Waals surface area contributed by atoms with Crippen LogP contribution in [0.3, 0.4) is 0 Å². The molecule has 0 amide bonds. The molecule has 1 aromatic heterocycles. The molecular formula is C15H19N5. The molecule has 0 radical (unpaired) electrons. The van der Waals surface area contributed by atoms with Crippen LogP contribution in [-0.4, -0.2) is 25.1 Å². The van der Waals surface area contributed by atoms with Crippen LogP contribution < -0.4 is 21.1 Å². The van der Waals surface area contributed by atoms with Gasteiger partial charge in [-0.2, -0.15) is 0 Å². The van der Waals surface area contributed by atoms with Gasteiger partial charge in [-0.15, -0.1) is 0 Å². The fraction of sp³-hybridized carbons (Fsp3) is 0.267. The van der Waals surface area contributed by atoms with Crippen LogP contribution in [0.4, 0.5) is 17.1 Å². The summed E-state index contributed by atoms with van der Waals surface area (Å²) in [6, 6.07) is 12.3. The summed E-state index contributed by atoms with van der Waals surface area (Å²) in [6.45, 7) is 2.81. The topological polar surface area (TPSA) is 57.4 Å². The Morgan fingerprint density at radius 1 is 1.20 bits per heavy atom. The Morgan fingerprint density at radius 3 is 2.80 bits per heavy atom. The van der Waals surface area contributed by atoms with E-state index in [0.717, 1.165) is 31.0 Å². The molecule has 0 fully saturated rings. The number of anilines is 3. The Labute approximate surface area is 119 Å². The van der Waals surface area contributed by atoms with Crippen molar-refractivity contribution in [1.82, 2.24) is 4.98 Å². The number of para-hydroxylation sites is 2. The summed E-state index contributed by atoms with van der Waals surface area (Å²) in [7, 11) is 2.13. The fourth-order valence-electron chi connectivity index (χ4n) is 2.58. The maximum Gasteiger partial charge on any atom is 0.0618 e. The van der Waals surface area contributed by atoms with Crippen LogP contribution in [0.25, 0.3) is 0 Å². The van der Waals surface area contributed by atoms with Crippen molar-refractivity contribution in [2.45, 2.75) is 6.54 Å². The molecule has 0 saturated carbocycles. The molecular weight excluding hydrogens is 250 g/mol. The average molecular weight is 269 g/mol. The highest BCUT2D eigenvalue weighted by atomic mass is 15.3. The van der Waals surface area contributed by atoms with Gasteiger partial charge < -0.3 is 15.2 Å². The van der Waals surface area contributed by atoms with Crippen LogP contribution in [0.1, 0.15) is 5.69 Å². The molecule has 0 atom stereocenters. The molecule has 1 aliphatic heterocycles. The number of hydrogen-bond donors (Lipinski definition) is 2. The number of benzene rings is 1. The number of hydrazine groups is 1. The van der Waals surface area contributed by atoms with Crippen molar-refractivity contribution in [1.29, 1.82) is 0 Å². The number of fused-ring (bicyclic) bond motifs is 1. The average Bonchev–Trinajstić information content (AvgIpc) is 2.51. The van der Waals surface area contributed by atoms with E-state index in [0.29, 0.717) is 0 Å². The second-order valence-electron chi connectivity index (χ2n) is 5.01. The van der Waals surface area contributed by atoms with E-state index in [4.69, 9.17) is 5.84 Å². The van der Waals surface area contributed by atoms with E-state index in [1.165, 1.54) is 11.4 Å². The third kappa shape index (κ3) is 2.40. The molecule has 3 N–H and O–H groups in total. The van der Waals surface area contributed by atoms with Gasteiger partial charge in [0.25, 0.3) is 0 Å². The third-order valence-corrected chi connectivity index (χ3v) is 3.68. The van der Waals surface area contributed by atoms with Crippen molar-refractivity contribution < 1.29 is 0 Å². The van der Waals surface area contributed by atoms with Crippen molar-refractivity contribution in [3.05, 3.63) is 48.3 Å². The van der Waals surface area contributed by atoms with Gasteiger partial charge in [0, 0.05) is 26.3 Å². The predicted octanol–water partition coefficient (Wildman–Crippen LogP) is 1.82. The number of nitrogens with two attached hydrogens (primary N) is 1. The molecule has 0 unspecified atom stereocenters. The SMILES string of the molecule is CN1CCN(Cc2cc(NN)ccn2)c2ccccc21. The molecule has 20 heavy (non-hydrogen) atoms. The van der Waals surface area contributed by atoms with Crippen molar-refractivity contribution in [3.8, 4) is 0 Å². The van der Waals surface area contributed by atoms with Crippen LogP contribution in [0.15, 0.2) is 42.6 Å². The summed E-state index contributed by atoms with van der Waals surface area (Å²) in [5.41, 5.74) is 7.09. The maximum absolute atomic E-state index is 5.45. The number of nitrogens with zero attached hydrogens (tertiary/aromatic N) is 3. The highest BCUT2D eigenvalue weighted by Gasteiger charge is 2.19. The monoisotopic (exact) mass is 269 g/mol. The molecule has 104 valence electrons. The number of nitrogens with one attached hydrogen (secondary N) is 1. The quantitative estimate of drug-likeness (QED) is 0.657. The summed E-state index contributed by atoms with van der Waals surface area (Å²) < 4.78 is 0. The Hall–Kier alpha value is -2.27. The summed E-state index contributed by atoms with van der Waals surface area (Å²) in [5.74, 6) is 5.45. The molecule has 3 rings (SSSR count). The fourth-order valence-corrected chi connectivity index (χ4v) is 2.58. The number of pyridine rings is 1. The minimum absolute atomic E-state index is 0.792. The van der Waals surface area contributed by atoms with Crippen LogP contribution in [0.2, 0.25) is 0 Å². The Morgan fingerprint density at radius 2 is 2.00 bits per heavy atom. The van der Waals surface area contributed by atoms with Crippen LogP contribution in [-0.2, 0) is 6.54 Å². The zero-order valence-electron chi connectivity index (χ0n) is 11.6. The molecule has 0 saturated heterocycles. The minimum atomic E-state index is 0.792. The van der Waals surface area contributed by atoms with Crippen LogP contribution >= 0.6 is 0 Å². The Bertz CT molecular complexity index is 598. The molecule has 0 spiro atoms. The third-order valence-electron chi connectivity index (χ3n) is 3.68. The second kappa shape index (κ2) is 5.38. The lowest BCUT2D eigenvalue weighted by atomic mass is 10.1. The van der Waals surface area contributed by atoms with Gasteiger partial charge in [0.2, 0.25) is 0 Å². The van der Waals surface area contributed by atoms with Crippen molar-refractivity contribution in [2.24, 2.45) is 5.84 Å². The summed E-state index contributed by atoms with van der Waals surface area (Å²) in [4.78, 5) is 9.07. The first-order valence-corrected chi connectivity index (χ1v) is 6.74. The van der Waals surface area contributed by atoms with E-state index in [1.807, 2.05) is 12.1 Å². The second-order valence-corrected chi connectivity index (χ2v) is 5.01. The normalized spacial score (nSPS) is 14.1.